The number of hydrogen-bond acceptors (Lipinski definition) is 3. The van der Waals surface area contributed by atoms with Gasteiger partial charge in [0.25, 0.3) is 0 Å². The van der Waals surface area contributed by atoms with E-state index in [1.807, 2.05) is 0 Å². The molecular weight excluding hydrogens is 263 g/mol. The van der Waals surface area contributed by atoms with E-state index in [9.17, 15) is 13.2 Å². The molecule has 1 fully saturated rings. The third kappa shape index (κ3) is 7.48. The van der Waals surface area contributed by atoms with Crippen LogP contribution in [0.2, 0.25) is 0 Å². The minimum absolute atomic E-state index is 0.00247. The van der Waals surface area contributed by atoms with E-state index in [4.69, 9.17) is 4.74 Å². The van der Waals surface area contributed by atoms with Crippen LogP contribution in [0.25, 0.3) is 0 Å². The summed E-state index contributed by atoms with van der Waals surface area (Å²) >= 11 is -0.00355. The Morgan fingerprint density at radius 2 is 1.89 bits per heavy atom. The van der Waals surface area contributed by atoms with Crippen LogP contribution in [0.3, 0.4) is 0 Å². The van der Waals surface area contributed by atoms with Crippen LogP contribution >= 0.6 is 11.8 Å². The van der Waals surface area contributed by atoms with Crippen molar-refractivity contribution in [1.82, 2.24) is 5.32 Å². The summed E-state index contributed by atoms with van der Waals surface area (Å²) in [5.41, 5.74) is -4.13. The Morgan fingerprint density at radius 1 is 1.22 bits per heavy atom. The van der Waals surface area contributed by atoms with Gasteiger partial charge < -0.3 is 10.1 Å². The molecule has 1 aliphatic rings. The van der Waals surface area contributed by atoms with Gasteiger partial charge in [-0.25, -0.2) is 0 Å². The molecule has 0 atom stereocenters. The first kappa shape index (κ1) is 16.1. The fourth-order valence-corrected chi connectivity index (χ4v) is 2.57. The van der Waals surface area contributed by atoms with Crippen molar-refractivity contribution < 1.29 is 17.9 Å². The van der Waals surface area contributed by atoms with Crippen molar-refractivity contribution in [2.24, 2.45) is 0 Å². The molecule has 0 amide bonds. The lowest BCUT2D eigenvalue weighted by molar-refractivity contribution is -0.0337. The first-order valence-electron chi connectivity index (χ1n) is 6.57. The van der Waals surface area contributed by atoms with Gasteiger partial charge in [-0.3, -0.25) is 0 Å². The Bertz CT molecular complexity index is 218. The molecule has 0 aliphatic heterocycles. The summed E-state index contributed by atoms with van der Waals surface area (Å²) in [6.45, 7) is 3.38. The number of alkyl halides is 3. The maximum absolute atomic E-state index is 11.9. The van der Waals surface area contributed by atoms with Crippen LogP contribution in [-0.2, 0) is 4.74 Å². The first-order valence-corrected chi connectivity index (χ1v) is 7.55. The Kier molecular flexibility index (Phi) is 7.41. The molecule has 0 unspecified atom stereocenters. The number of ether oxygens (including phenoxy) is 1. The van der Waals surface area contributed by atoms with E-state index in [0.717, 1.165) is 38.6 Å². The molecule has 18 heavy (non-hydrogen) atoms. The van der Waals surface area contributed by atoms with Crippen molar-refractivity contribution in [3.63, 3.8) is 0 Å². The molecule has 0 aromatic heterocycles. The van der Waals surface area contributed by atoms with E-state index < -0.39 is 5.51 Å². The van der Waals surface area contributed by atoms with Crippen LogP contribution in [0.15, 0.2) is 0 Å². The highest BCUT2D eigenvalue weighted by atomic mass is 32.2. The monoisotopic (exact) mass is 285 g/mol. The predicted molar refractivity (Wildman–Crippen MR) is 68.8 cm³/mol. The normalized spacial score (nSPS) is 25.3. The molecule has 0 aromatic rings. The highest BCUT2D eigenvalue weighted by molar-refractivity contribution is 8.00. The number of thioether (sulfide) groups is 1. The SMILES string of the molecule is CCCNC1CCC(OCCSC(F)(F)F)CC1. The summed E-state index contributed by atoms with van der Waals surface area (Å²) in [7, 11) is 0. The van der Waals surface area contributed by atoms with Crippen molar-refractivity contribution in [2.45, 2.75) is 56.7 Å². The maximum Gasteiger partial charge on any atom is 0.441 e. The van der Waals surface area contributed by atoms with Gasteiger partial charge in [0.15, 0.2) is 0 Å². The zero-order valence-corrected chi connectivity index (χ0v) is 11.6. The maximum atomic E-state index is 11.9. The lowest BCUT2D eigenvalue weighted by Gasteiger charge is -2.29. The zero-order valence-electron chi connectivity index (χ0n) is 10.8. The fourth-order valence-electron chi connectivity index (χ4n) is 2.15. The first-order chi connectivity index (χ1) is 8.51. The average Bonchev–Trinajstić information content (AvgIpc) is 2.32. The van der Waals surface area contributed by atoms with Crippen molar-refractivity contribution >= 4 is 11.8 Å². The van der Waals surface area contributed by atoms with Crippen LogP contribution in [0.5, 0.6) is 0 Å². The Balaban J connectivity index is 2.02. The smallest absolute Gasteiger partial charge is 0.377 e. The summed E-state index contributed by atoms with van der Waals surface area (Å²) < 4.78 is 41.2. The molecule has 1 aliphatic carbocycles. The predicted octanol–water partition coefficient (Wildman–Crippen LogP) is 3.57. The molecule has 0 saturated heterocycles. The number of hydrogen-bond donors (Lipinski definition) is 1. The Morgan fingerprint density at radius 3 is 2.44 bits per heavy atom. The van der Waals surface area contributed by atoms with Gasteiger partial charge in [-0.15, -0.1) is 0 Å². The van der Waals surface area contributed by atoms with Crippen LogP contribution in [-0.4, -0.2) is 36.6 Å². The molecular formula is C12H22F3NOS. The van der Waals surface area contributed by atoms with Gasteiger partial charge in [-0.05, 0) is 50.4 Å². The van der Waals surface area contributed by atoms with Gasteiger partial charge in [-0.1, -0.05) is 6.92 Å². The number of halogens is 3. The quantitative estimate of drug-likeness (QED) is 0.723. The number of rotatable bonds is 7. The Hall–Kier alpha value is 0.0600. The van der Waals surface area contributed by atoms with E-state index in [2.05, 4.69) is 12.2 Å². The molecule has 2 nitrogen and oxygen atoms in total. The largest absolute Gasteiger partial charge is 0.441 e. The average molecular weight is 285 g/mol. The van der Waals surface area contributed by atoms with Crippen molar-refractivity contribution in [1.29, 1.82) is 0 Å². The summed E-state index contributed by atoms with van der Waals surface area (Å²) in [6, 6.07) is 0.564. The topological polar surface area (TPSA) is 21.3 Å². The van der Waals surface area contributed by atoms with E-state index in [-0.39, 0.29) is 30.2 Å². The molecule has 1 rings (SSSR count). The molecule has 108 valence electrons. The van der Waals surface area contributed by atoms with E-state index in [1.165, 1.54) is 0 Å². The molecule has 0 radical (unpaired) electrons. The van der Waals surface area contributed by atoms with Crippen LogP contribution < -0.4 is 5.32 Å². The molecule has 0 heterocycles. The standard InChI is InChI=1S/C12H22F3NOS/c1-2-7-16-10-3-5-11(6-4-10)17-8-9-18-12(13,14)15/h10-11,16H,2-9H2,1H3. The molecule has 1 N–H and O–H groups in total. The van der Waals surface area contributed by atoms with E-state index >= 15 is 0 Å². The van der Waals surface area contributed by atoms with E-state index in [0.29, 0.717) is 6.04 Å². The van der Waals surface area contributed by atoms with Gasteiger partial charge in [0.05, 0.1) is 12.7 Å². The minimum atomic E-state index is -4.13. The van der Waals surface area contributed by atoms with Gasteiger partial charge in [0.2, 0.25) is 0 Å². The second-order valence-corrected chi connectivity index (χ2v) is 5.75. The summed E-state index contributed by atoms with van der Waals surface area (Å²) in [5.74, 6) is -0.00247. The molecule has 0 aromatic carbocycles. The van der Waals surface area contributed by atoms with Crippen molar-refractivity contribution in [3.05, 3.63) is 0 Å². The van der Waals surface area contributed by atoms with Gasteiger partial charge >= 0.3 is 5.51 Å². The van der Waals surface area contributed by atoms with Crippen LogP contribution in [0.1, 0.15) is 39.0 Å². The Labute approximate surface area is 111 Å². The van der Waals surface area contributed by atoms with Gasteiger partial charge in [-0.2, -0.15) is 13.2 Å². The van der Waals surface area contributed by atoms with Crippen LogP contribution in [0, 0.1) is 0 Å². The van der Waals surface area contributed by atoms with Crippen molar-refractivity contribution in [3.8, 4) is 0 Å². The van der Waals surface area contributed by atoms with Crippen molar-refractivity contribution in [2.75, 3.05) is 18.9 Å². The summed E-state index contributed by atoms with van der Waals surface area (Å²) in [4.78, 5) is 0. The van der Waals surface area contributed by atoms with Crippen LogP contribution in [0.4, 0.5) is 13.2 Å². The van der Waals surface area contributed by atoms with Gasteiger partial charge in [0, 0.05) is 11.8 Å². The third-order valence-corrected chi connectivity index (χ3v) is 3.76. The second-order valence-electron chi connectivity index (χ2n) is 4.59. The molecule has 0 bridgehead atoms. The second kappa shape index (κ2) is 8.27. The molecule has 1 saturated carbocycles. The lowest BCUT2D eigenvalue weighted by Crippen LogP contribution is -2.35. The van der Waals surface area contributed by atoms with Gasteiger partial charge in [0.1, 0.15) is 0 Å². The summed E-state index contributed by atoms with van der Waals surface area (Å²) in [6.07, 6.45) is 5.33. The minimum Gasteiger partial charge on any atom is -0.377 e. The van der Waals surface area contributed by atoms with E-state index in [1.54, 1.807) is 0 Å². The highest BCUT2D eigenvalue weighted by Gasteiger charge is 2.28. The number of nitrogens with one attached hydrogen (secondary N) is 1. The fraction of sp³-hybridized carbons (Fsp3) is 1.00. The molecule has 6 heteroatoms. The molecule has 0 spiro atoms. The summed E-state index contributed by atoms with van der Waals surface area (Å²) in [5, 5.41) is 3.47. The highest BCUT2D eigenvalue weighted by Crippen LogP contribution is 2.30. The zero-order chi connectivity index (χ0) is 13.4. The lowest BCUT2D eigenvalue weighted by atomic mass is 9.93. The third-order valence-electron chi connectivity index (χ3n) is 3.06.